The second-order valence-electron chi connectivity index (χ2n) is 4.56. The normalized spacial score (nSPS) is 16.9. The van der Waals surface area contributed by atoms with Crippen molar-refractivity contribution in [1.82, 2.24) is 5.32 Å². The second kappa shape index (κ2) is 5.23. The van der Waals surface area contributed by atoms with E-state index in [1.165, 1.54) is 0 Å². The topological polar surface area (TPSA) is 81.6 Å². The predicted octanol–water partition coefficient (Wildman–Crippen LogP) is 3.48. The van der Waals surface area contributed by atoms with Crippen molar-refractivity contribution in [2.45, 2.75) is 6.17 Å². The number of carbonyl (C=O) groups is 1. The van der Waals surface area contributed by atoms with E-state index in [2.05, 4.69) is 42.5 Å². The summed E-state index contributed by atoms with van der Waals surface area (Å²) in [5.74, 6) is -0.458. The van der Waals surface area contributed by atoms with Crippen LogP contribution in [0.3, 0.4) is 0 Å². The van der Waals surface area contributed by atoms with Crippen LogP contribution < -0.4 is 10.6 Å². The minimum atomic E-state index is -0.597. The number of amides is 1. The number of rotatable bonds is 1. The fraction of sp³-hybridized carbons (Fsp3) is 0.0714. The summed E-state index contributed by atoms with van der Waals surface area (Å²) in [5.41, 5.74) is 1.67. The monoisotopic (exact) mass is 412 g/mol. The lowest BCUT2D eigenvalue weighted by Crippen LogP contribution is -2.38. The SMILES string of the molecule is O=C1N[C@H](c2cc(Br)c(O)c(Br)c2O)Nc2ccccc21. The Balaban J connectivity index is 2.06. The molecule has 0 radical (unpaired) electrons. The Bertz CT molecular complexity index is 749. The minimum Gasteiger partial charge on any atom is -0.506 e. The summed E-state index contributed by atoms with van der Waals surface area (Å²) in [6.07, 6.45) is -0.597. The molecular weight excluding hydrogens is 404 g/mol. The van der Waals surface area contributed by atoms with E-state index in [4.69, 9.17) is 0 Å². The van der Waals surface area contributed by atoms with Gasteiger partial charge in [0.05, 0.1) is 10.0 Å². The molecule has 3 rings (SSSR count). The molecule has 0 aliphatic carbocycles. The van der Waals surface area contributed by atoms with Crippen LogP contribution in [0.1, 0.15) is 22.1 Å². The van der Waals surface area contributed by atoms with Gasteiger partial charge in [-0.3, -0.25) is 4.79 Å². The van der Waals surface area contributed by atoms with Gasteiger partial charge < -0.3 is 20.8 Å². The largest absolute Gasteiger partial charge is 0.506 e. The number of anilines is 1. The number of para-hydroxylation sites is 1. The minimum absolute atomic E-state index is 0.0983. The molecule has 1 heterocycles. The average molecular weight is 414 g/mol. The molecule has 0 saturated carbocycles. The fourth-order valence-electron chi connectivity index (χ4n) is 2.20. The number of hydrogen-bond donors (Lipinski definition) is 4. The predicted molar refractivity (Wildman–Crippen MR) is 85.4 cm³/mol. The molecule has 21 heavy (non-hydrogen) atoms. The third-order valence-corrected chi connectivity index (χ3v) is 4.61. The molecule has 5 nitrogen and oxygen atoms in total. The molecule has 0 aromatic heterocycles. The fourth-order valence-corrected chi connectivity index (χ4v) is 3.35. The first kappa shape index (κ1) is 14.2. The first-order valence-electron chi connectivity index (χ1n) is 6.05. The van der Waals surface area contributed by atoms with Crippen molar-refractivity contribution < 1.29 is 15.0 Å². The standard InChI is InChI=1S/C14H10Br2N2O3/c15-8-5-7(11(19)10(16)12(8)20)13-17-9-4-2-1-3-6(9)14(21)18-13/h1-5,13,17,19-20H,(H,18,21)/t13-/m1/s1. The van der Waals surface area contributed by atoms with Crippen LogP contribution in [-0.4, -0.2) is 16.1 Å². The number of benzene rings is 2. The zero-order chi connectivity index (χ0) is 15.1. The van der Waals surface area contributed by atoms with Gasteiger partial charge in [0.15, 0.2) is 0 Å². The highest BCUT2D eigenvalue weighted by molar-refractivity contribution is 9.11. The molecule has 1 aliphatic heterocycles. The summed E-state index contributed by atoms with van der Waals surface area (Å²) in [7, 11) is 0. The van der Waals surface area contributed by atoms with Gasteiger partial charge in [-0.15, -0.1) is 0 Å². The van der Waals surface area contributed by atoms with Gasteiger partial charge in [0.1, 0.15) is 22.1 Å². The number of halogens is 2. The molecule has 0 saturated heterocycles. The highest BCUT2D eigenvalue weighted by Crippen LogP contribution is 2.44. The number of hydrogen-bond acceptors (Lipinski definition) is 4. The lowest BCUT2D eigenvalue weighted by atomic mass is 10.0. The average Bonchev–Trinajstić information content (AvgIpc) is 2.49. The Kier molecular flexibility index (Phi) is 3.54. The third kappa shape index (κ3) is 2.36. The first-order valence-corrected chi connectivity index (χ1v) is 7.64. The van der Waals surface area contributed by atoms with Crippen LogP contribution in [0.25, 0.3) is 0 Å². The third-order valence-electron chi connectivity index (χ3n) is 3.26. The number of carbonyl (C=O) groups excluding carboxylic acids is 1. The molecule has 108 valence electrons. The van der Waals surface area contributed by atoms with Crippen molar-refractivity contribution in [3.63, 3.8) is 0 Å². The van der Waals surface area contributed by atoms with Crippen LogP contribution in [0.15, 0.2) is 39.3 Å². The van der Waals surface area contributed by atoms with E-state index in [1.54, 1.807) is 24.3 Å². The highest BCUT2D eigenvalue weighted by atomic mass is 79.9. The zero-order valence-corrected chi connectivity index (χ0v) is 13.7. The summed E-state index contributed by atoms with van der Waals surface area (Å²) in [4.78, 5) is 12.1. The highest BCUT2D eigenvalue weighted by Gasteiger charge is 2.28. The van der Waals surface area contributed by atoms with Crippen molar-refractivity contribution in [2.75, 3.05) is 5.32 Å². The molecule has 0 spiro atoms. The maximum atomic E-state index is 12.1. The maximum Gasteiger partial charge on any atom is 0.255 e. The molecule has 7 heteroatoms. The molecule has 1 amide bonds. The molecular formula is C14H10Br2N2O3. The summed E-state index contributed by atoms with van der Waals surface area (Å²) >= 11 is 6.34. The van der Waals surface area contributed by atoms with Gasteiger partial charge in [-0.1, -0.05) is 12.1 Å². The van der Waals surface area contributed by atoms with Crippen molar-refractivity contribution in [1.29, 1.82) is 0 Å². The van der Waals surface area contributed by atoms with Gasteiger partial charge in [0.25, 0.3) is 5.91 Å². The lowest BCUT2D eigenvalue weighted by Gasteiger charge is -2.29. The van der Waals surface area contributed by atoms with E-state index in [0.29, 0.717) is 21.3 Å². The first-order chi connectivity index (χ1) is 9.99. The van der Waals surface area contributed by atoms with Gasteiger partial charge >= 0.3 is 0 Å². The molecule has 0 unspecified atom stereocenters. The van der Waals surface area contributed by atoms with Crippen LogP contribution in [0.2, 0.25) is 0 Å². The lowest BCUT2D eigenvalue weighted by molar-refractivity contribution is 0.0935. The summed E-state index contributed by atoms with van der Waals surface area (Å²) in [5, 5.41) is 25.8. The van der Waals surface area contributed by atoms with E-state index in [9.17, 15) is 15.0 Å². The van der Waals surface area contributed by atoms with Gasteiger partial charge in [0.2, 0.25) is 0 Å². The molecule has 0 bridgehead atoms. The van der Waals surface area contributed by atoms with E-state index in [-0.39, 0.29) is 21.9 Å². The van der Waals surface area contributed by atoms with E-state index >= 15 is 0 Å². The summed E-state index contributed by atoms with van der Waals surface area (Å²) in [6.45, 7) is 0. The molecule has 1 aliphatic rings. The van der Waals surface area contributed by atoms with Crippen molar-refractivity contribution in [3.8, 4) is 11.5 Å². The Morgan fingerprint density at radius 2 is 1.76 bits per heavy atom. The molecule has 2 aromatic carbocycles. The van der Waals surface area contributed by atoms with Crippen LogP contribution >= 0.6 is 31.9 Å². The van der Waals surface area contributed by atoms with Crippen LogP contribution in [0.4, 0.5) is 5.69 Å². The zero-order valence-electron chi connectivity index (χ0n) is 10.5. The quantitative estimate of drug-likeness (QED) is 0.576. The van der Waals surface area contributed by atoms with Crippen LogP contribution in [0.5, 0.6) is 11.5 Å². The van der Waals surface area contributed by atoms with Crippen LogP contribution in [-0.2, 0) is 0 Å². The van der Waals surface area contributed by atoms with Crippen molar-refractivity contribution >= 4 is 43.5 Å². The van der Waals surface area contributed by atoms with Crippen molar-refractivity contribution in [2.24, 2.45) is 0 Å². The number of fused-ring (bicyclic) bond motifs is 1. The van der Waals surface area contributed by atoms with Gasteiger partial charge in [-0.2, -0.15) is 0 Å². The molecule has 2 aromatic rings. The second-order valence-corrected chi connectivity index (χ2v) is 6.20. The van der Waals surface area contributed by atoms with E-state index in [0.717, 1.165) is 0 Å². The smallest absolute Gasteiger partial charge is 0.255 e. The Morgan fingerprint density at radius 3 is 2.52 bits per heavy atom. The maximum absolute atomic E-state index is 12.1. The van der Waals surface area contributed by atoms with Crippen LogP contribution in [0, 0.1) is 0 Å². The summed E-state index contributed by atoms with van der Waals surface area (Å²) < 4.78 is 0.582. The Morgan fingerprint density at radius 1 is 1.05 bits per heavy atom. The molecule has 0 fully saturated rings. The summed E-state index contributed by atoms with van der Waals surface area (Å²) in [6, 6.07) is 8.68. The number of nitrogens with one attached hydrogen (secondary N) is 2. The van der Waals surface area contributed by atoms with E-state index < -0.39 is 6.17 Å². The van der Waals surface area contributed by atoms with E-state index in [1.807, 2.05) is 6.07 Å². The Labute approximate surface area is 137 Å². The Hall–Kier alpha value is -1.73. The van der Waals surface area contributed by atoms with Crippen molar-refractivity contribution in [3.05, 3.63) is 50.4 Å². The van der Waals surface area contributed by atoms with Gasteiger partial charge in [-0.25, -0.2) is 0 Å². The molecule has 4 N–H and O–H groups in total. The number of phenols is 2. The number of phenolic OH excluding ortho intramolecular Hbond substituents is 2. The van der Waals surface area contributed by atoms with Gasteiger partial charge in [-0.05, 0) is 50.1 Å². The van der Waals surface area contributed by atoms with Gasteiger partial charge in [0, 0.05) is 11.3 Å². The number of aromatic hydroxyl groups is 2. The molecule has 1 atom stereocenters.